The lowest BCUT2D eigenvalue weighted by Crippen LogP contribution is -2.27. The predicted molar refractivity (Wildman–Crippen MR) is 87.8 cm³/mol. The highest BCUT2D eigenvalue weighted by atomic mass is 15.2. The Kier molecular flexibility index (Phi) is 3.22. The molecule has 0 amide bonds. The molecule has 3 unspecified atom stereocenters. The zero-order valence-electron chi connectivity index (χ0n) is 12.5. The zero-order chi connectivity index (χ0) is 15.1. The van der Waals surface area contributed by atoms with Gasteiger partial charge in [-0.2, -0.15) is 4.98 Å². The van der Waals surface area contributed by atoms with Crippen molar-refractivity contribution in [3.8, 4) is 0 Å². The second-order valence-electron chi connectivity index (χ2n) is 6.36. The normalized spacial score (nSPS) is 27.1. The Balaban J connectivity index is 1.57. The summed E-state index contributed by atoms with van der Waals surface area (Å²) in [6.07, 6.45) is 2.15. The highest BCUT2D eigenvalue weighted by Crippen LogP contribution is 2.54. The van der Waals surface area contributed by atoms with Crippen LogP contribution >= 0.6 is 0 Å². The Bertz CT molecular complexity index is 672. The summed E-state index contributed by atoms with van der Waals surface area (Å²) in [6, 6.07) is 13.0. The maximum absolute atomic E-state index is 5.99. The van der Waals surface area contributed by atoms with Crippen LogP contribution in [0.2, 0.25) is 0 Å². The summed E-state index contributed by atoms with van der Waals surface area (Å²) in [5.41, 5.74) is 14.4. The molecule has 5 nitrogen and oxygen atoms in total. The molecule has 0 radical (unpaired) electrons. The number of nitrogen functional groups attached to an aromatic ring is 1. The summed E-state index contributed by atoms with van der Waals surface area (Å²) in [4.78, 5) is 11.1. The highest BCUT2D eigenvalue weighted by Gasteiger charge is 2.41. The summed E-state index contributed by atoms with van der Waals surface area (Å²) in [7, 11) is 0. The van der Waals surface area contributed by atoms with Crippen LogP contribution < -0.4 is 16.4 Å². The standard InChI is InChI=1S/C17H21N5/c18-12-6-7-22(10-12)16-9-15(20-17(19)21-16)14-8-13(14)11-4-2-1-3-5-11/h1-5,9,12-14H,6-8,10,18H2,(H2,19,20,21). The van der Waals surface area contributed by atoms with Gasteiger partial charge in [0.15, 0.2) is 0 Å². The van der Waals surface area contributed by atoms with Gasteiger partial charge in [0.2, 0.25) is 5.95 Å². The second-order valence-corrected chi connectivity index (χ2v) is 6.36. The minimum absolute atomic E-state index is 0.234. The van der Waals surface area contributed by atoms with Crippen LogP contribution in [-0.4, -0.2) is 29.1 Å². The number of hydrogen-bond donors (Lipinski definition) is 2. The summed E-state index contributed by atoms with van der Waals surface area (Å²) in [6.45, 7) is 1.80. The van der Waals surface area contributed by atoms with Crippen molar-refractivity contribution in [2.75, 3.05) is 23.7 Å². The maximum Gasteiger partial charge on any atom is 0.222 e. The minimum Gasteiger partial charge on any atom is -0.368 e. The van der Waals surface area contributed by atoms with E-state index in [9.17, 15) is 0 Å². The van der Waals surface area contributed by atoms with Crippen molar-refractivity contribution in [3.05, 3.63) is 47.7 Å². The number of aromatic nitrogens is 2. The Hall–Kier alpha value is -2.14. The third kappa shape index (κ3) is 2.52. The third-order valence-corrected chi connectivity index (χ3v) is 4.70. The van der Waals surface area contributed by atoms with Gasteiger partial charge in [0.1, 0.15) is 5.82 Å². The van der Waals surface area contributed by atoms with E-state index < -0.39 is 0 Å². The van der Waals surface area contributed by atoms with Crippen LogP contribution in [0.4, 0.5) is 11.8 Å². The van der Waals surface area contributed by atoms with Crippen molar-refractivity contribution < 1.29 is 0 Å². The molecular weight excluding hydrogens is 274 g/mol. The first-order chi connectivity index (χ1) is 10.7. The van der Waals surface area contributed by atoms with Crippen molar-refractivity contribution in [3.63, 3.8) is 0 Å². The molecule has 3 atom stereocenters. The SMILES string of the molecule is Nc1nc(C2CC2c2ccccc2)cc(N2CCC(N)C2)n1. The number of rotatable bonds is 3. The van der Waals surface area contributed by atoms with E-state index in [1.165, 1.54) is 5.56 Å². The lowest BCUT2D eigenvalue weighted by atomic mass is 10.1. The van der Waals surface area contributed by atoms with Crippen molar-refractivity contribution >= 4 is 11.8 Å². The molecule has 0 spiro atoms. The molecule has 1 aliphatic carbocycles. The fraction of sp³-hybridized carbons (Fsp3) is 0.412. The van der Waals surface area contributed by atoms with Crippen LogP contribution in [0.3, 0.4) is 0 Å². The largest absolute Gasteiger partial charge is 0.368 e. The van der Waals surface area contributed by atoms with E-state index in [4.69, 9.17) is 11.5 Å². The minimum atomic E-state index is 0.234. The van der Waals surface area contributed by atoms with Crippen molar-refractivity contribution in [2.24, 2.45) is 5.73 Å². The lowest BCUT2D eigenvalue weighted by Gasteiger charge is -2.17. The summed E-state index contributed by atoms with van der Waals surface area (Å²) >= 11 is 0. The molecule has 4 N–H and O–H groups in total. The van der Waals surface area contributed by atoms with Crippen LogP contribution in [0.15, 0.2) is 36.4 Å². The number of benzene rings is 1. The molecule has 1 aromatic carbocycles. The fourth-order valence-electron chi connectivity index (χ4n) is 3.41. The van der Waals surface area contributed by atoms with Crippen molar-refractivity contribution in [1.29, 1.82) is 0 Å². The van der Waals surface area contributed by atoms with Crippen LogP contribution in [0.1, 0.15) is 35.9 Å². The molecule has 1 aliphatic heterocycles. The Morgan fingerprint density at radius 3 is 2.64 bits per heavy atom. The van der Waals surface area contributed by atoms with Gasteiger partial charge in [-0.3, -0.25) is 0 Å². The number of nitrogens with zero attached hydrogens (tertiary/aromatic N) is 3. The quantitative estimate of drug-likeness (QED) is 0.903. The van der Waals surface area contributed by atoms with E-state index >= 15 is 0 Å². The summed E-state index contributed by atoms with van der Waals surface area (Å²) < 4.78 is 0. The van der Waals surface area contributed by atoms with Crippen LogP contribution in [0.25, 0.3) is 0 Å². The molecule has 1 aromatic heterocycles. The average molecular weight is 295 g/mol. The topological polar surface area (TPSA) is 81.1 Å². The number of anilines is 2. The van der Waals surface area contributed by atoms with Gasteiger partial charge in [-0.25, -0.2) is 4.98 Å². The van der Waals surface area contributed by atoms with Crippen molar-refractivity contribution in [1.82, 2.24) is 9.97 Å². The van der Waals surface area contributed by atoms with Gasteiger partial charge in [-0.1, -0.05) is 30.3 Å². The number of nitrogens with two attached hydrogens (primary N) is 2. The third-order valence-electron chi connectivity index (χ3n) is 4.70. The van der Waals surface area contributed by atoms with E-state index in [-0.39, 0.29) is 6.04 Å². The second kappa shape index (κ2) is 5.25. The van der Waals surface area contributed by atoms with E-state index in [1.54, 1.807) is 0 Å². The monoisotopic (exact) mass is 295 g/mol. The van der Waals surface area contributed by atoms with Gasteiger partial charge in [0.05, 0.1) is 5.69 Å². The lowest BCUT2D eigenvalue weighted by molar-refractivity contribution is 0.751. The van der Waals surface area contributed by atoms with Gasteiger partial charge >= 0.3 is 0 Å². The summed E-state index contributed by atoms with van der Waals surface area (Å²) in [5, 5.41) is 0. The highest BCUT2D eigenvalue weighted by molar-refractivity contribution is 5.47. The molecule has 1 saturated heterocycles. The smallest absolute Gasteiger partial charge is 0.222 e. The Labute approximate surface area is 130 Å². The Morgan fingerprint density at radius 1 is 1.09 bits per heavy atom. The van der Waals surface area contributed by atoms with E-state index in [0.29, 0.717) is 17.8 Å². The molecule has 0 bridgehead atoms. The first-order valence-electron chi connectivity index (χ1n) is 7.90. The molecule has 4 rings (SSSR count). The molecule has 2 fully saturated rings. The molecule has 5 heteroatoms. The zero-order valence-corrected chi connectivity index (χ0v) is 12.5. The number of hydrogen-bond acceptors (Lipinski definition) is 5. The predicted octanol–water partition coefficient (Wildman–Crippen LogP) is 1.87. The molecule has 1 saturated carbocycles. The summed E-state index contributed by atoms with van der Waals surface area (Å²) in [5.74, 6) is 2.31. The average Bonchev–Trinajstić information content (AvgIpc) is 3.22. The Morgan fingerprint density at radius 2 is 1.91 bits per heavy atom. The first-order valence-corrected chi connectivity index (χ1v) is 7.90. The van der Waals surface area contributed by atoms with Crippen LogP contribution in [-0.2, 0) is 0 Å². The van der Waals surface area contributed by atoms with E-state index in [1.807, 2.05) is 0 Å². The van der Waals surface area contributed by atoms with Gasteiger partial charge in [0.25, 0.3) is 0 Å². The molecule has 114 valence electrons. The molecule has 22 heavy (non-hydrogen) atoms. The van der Waals surface area contributed by atoms with Gasteiger partial charge in [0, 0.05) is 31.1 Å². The van der Waals surface area contributed by atoms with Crippen LogP contribution in [0.5, 0.6) is 0 Å². The molecule has 2 aromatic rings. The first kappa shape index (κ1) is 13.5. The fourth-order valence-corrected chi connectivity index (χ4v) is 3.41. The van der Waals surface area contributed by atoms with Gasteiger partial charge < -0.3 is 16.4 Å². The molecule has 2 aliphatic rings. The van der Waals surface area contributed by atoms with E-state index in [0.717, 1.165) is 37.4 Å². The van der Waals surface area contributed by atoms with Gasteiger partial charge in [-0.15, -0.1) is 0 Å². The van der Waals surface area contributed by atoms with E-state index in [2.05, 4.69) is 51.3 Å². The van der Waals surface area contributed by atoms with Crippen LogP contribution in [0, 0.1) is 0 Å². The molecule has 2 heterocycles. The van der Waals surface area contributed by atoms with Crippen molar-refractivity contribution in [2.45, 2.75) is 30.7 Å². The van der Waals surface area contributed by atoms with Gasteiger partial charge in [-0.05, 0) is 24.3 Å². The maximum atomic E-state index is 5.99. The molecular formula is C17H21N5.